The molecule has 17 heavy (non-hydrogen) atoms. The molecular formula is C12H11BrN2O2. The summed E-state index contributed by atoms with van der Waals surface area (Å²) in [5, 5.41) is 0. The van der Waals surface area contributed by atoms with Crippen molar-refractivity contribution in [2.75, 3.05) is 12.8 Å². The number of nitrogens with zero attached hydrogens (tertiary/aromatic N) is 1. The van der Waals surface area contributed by atoms with Gasteiger partial charge in [-0.3, -0.25) is 4.98 Å². The van der Waals surface area contributed by atoms with Crippen molar-refractivity contribution >= 4 is 21.6 Å². The van der Waals surface area contributed by atoms with Crippen molar-refractivity contribution in [1.82, 2.24) is 4.98 Å². The fourth-order valence-corrected chi connectivity index (χ4v) is 1.75. The molecule has 0 spiro atoms. The summed E-state index contributed by atoms with van der Waals surface area (Å²) in [4.78, 5) is 3.95. The van der Waals surface area contributed by atoms with Gasteiger partial charge in [-0.1, -0.05) is 0 Å². The molecule has 1 heterocycles. The van der Waals surface area contributed by atoms with Gasteiger partial charge in [-0.15, -0.1) is 0 Å². The van der Waals surface area contributed by atoms with Gasteiger partial charge in [0.1, 0.15) is 17.2 Å². The molecule has 5 heteroatoms. The molecule has 2 aromatic rings. The van der Waals surface area contributed by atoms with Crippen molar-refractivity contribution in [2.24, 2.45) is 0 Å². The molecule has 0 atom stereocenters. The first-order valence-corrected chi connectivity index (χ1v) is 5.70. The van der Waals surface area contributed by atoms with Crippen LogP contribution in [0.3, 0.4) is 0 Å². The number of anilines is 1. The predicted molar refractivity (Wildman–Crippen MR) is 69.4 cm³/mol. The number of methoxy groups -OCH3 is 1. The molecule has 0 radical (unpaired) electrons. The Bertz CT molecular complexity index is 532. The Morgan fingerprint density at radius 1 is 1.18 bits per heavy atom. The van der Waals surface area contributed by atoms with Crippen LogP contribution in [0.1, 0.15) is 0 Å². The van der Waals surface area contributed by atoms with Gasteiger partial charge in [-0.2, -0.15) is 0 Å². The van der Waals surface area contributed by atoms with Gasteiger partial charge in [0, 0.05) is 6.07 Å². The van der Waals surface area contributed by atoms with Crippen LogP contribution in [-0.4, -0.2) is 12.1 Å². The van der Waals surface area contributed by atoms with E-state index < -0.39 is 0 Å². The maximum absolute atomic E-state index is 5.64. The van der Waals surface area contributed by atoms with Crippen LogP contribution < -0.4 is 15.2 Å². The molecular weight excluding hydrogens is 284 g/mol. The summed E-state index contributed by atoms with van der Waals surface area (Å²) in [6.45, 7) is 0. The standard InChI is InChI=1S/C12H11BrN2O2/c1-16-9-2-3-12(11(13)5-9)17-10-4-8(14)6-15-7-10/h2-7H,14H2,1H3. The van der Waals surface area contributed by atoms with E-state index in [1.54, 1.807) is 25.6 Å². The number of nitrogen functional groups attached to an aromatic ring is 1. The molecule has 0 aliphatic rings. The Hall–Kier alpha value is -1.75. The van der Waals surface area contributed by atoms with Crippen molar-refractivity contribution in [2.45, 2.75) is 0 Å². The van der Waals surface area contributed by atoms with Crippen LogP contribution in [0.4, 0.5) is 5.69 Å². The Labute approximate surface area is 108 Å². The average Bonchev–Trinajstić information content (AvgIpc) is 2.32. The molecule has 1 aromatic carbocycles. The van der Waals surface area contributed by atoms with Crippen molar-refractivity contribution in [3.05, 3.63) is 41.1 Å². The van der Waals surface area contributed by atoms with Crippen molar-refractivity contribution < 1.29 is 9.47 Å². The maximum Gasteiger partial charge on any atom is 0.147 e. The lowest BCUT2D eigenvalue weighted by Crippen LogP contribution is -1.91. The SMILES string of the molecule is COc1ccc(Oc2cncc(N)c2)c(Br)c1. The van der Waals surface area contributed by atoms with Crippen molar-refractivity contribution in [1.29, 1.82) is 0 Å². The summed E-state index contributed by atoms with van der Waals surface area (Å²) in [6.07, 6.45) is 3.17. The van der Waals surface area contributed by atoms with Crippen LogP contribution in [0.5, 0.6) is 17.2 Å². The normalized spacial score (nSPS) is 10.0. The Kier molecular flexibility index (Phi) is 3.49. The van der Waals surface area contributed by atoms with Gasteiger partial charge in [-0.05, 0) is 34.1 Å². The molecule has 1 aromatic heterocycles. The summed E-state index contributed by atoms with van der Waals surface area (Å²) >= 11 is 3.41. The van der Waals surface area contributed by atoms with Gasteiger partial charge in [0.05, 0.1) is 29.7 Å². The van der Waals surface area contributed by atoms with Gasteiger partial charge in [0.15, 0.2) is 0 Å². The number of hydrogen-bond acceptors (Lipinski definition) is 4. The zero-order chi connectivity index (χ0) is 12.3. The minimum atomic E-state index is 0.562. The quantitative estimate of drug-likeness (QED) is 0.944. The van der Waals surface area contributed by atoms with E-state index in [2.05, 4.69) is 20.9 Å². The molecule has 0 unspecified atom stereocenters. The molecule has 0 saturated heterocycles. The van der Waals surface area contributed by atoms with E-state index in [1.807, 2.05) is 18.2 Å². The summed E-state index contributed by atoms with van der Waals surface area (Å²) in [5.74, 6) is 2.03. The lowest BCUT2D eigenvalue weighted by molar-refractivity contribution is 0.412. The molecule has 0 aliphatic heterocycles. The van der Waals surface area contributed by atoms with E-state index in [0.29, 0.717) is 17.2 Å². The molecule has 4 nitrogen and oxygen atoms in total. The number of nitrogens with two attached hydrogens (primary N) is 1. The Morgan fingerprint density at radius 2 is 2.00 bits per heavy atom. The first-order chi connectivity index (χ1) is 8.19. The second-order valence-corrected chi connectivity index (χ2v) is 4.21. The number of ether oxygens (including phenoxy) is 2. The topological polar surface area (TPSA) is 57.4 Å². The van der Waals surface area contributed by atoms with Crippen molar-refractivity contribution in [3.8, 4) is 17.2 Å². The van der Waals surface area contributed by atoms with Gasteiger partial charge in [-0.25, -0.2) is 0 Å². The molecule has 0 amide bonds. The van der Waals surface area contributed by atoms with E-state index in [0.717, 1.165) is 10.2 Å². The van der Waals surface area contributed by atoms with E-state index in [1.165, 1.54) is 0 Å². The highest BCUT2D eigenvalue weighted by Gasteiger charge is 2.04. The highest BCUT2D eigenvalue weighted by Crippen LogP contribution is 2.32. The number of halogens is 1. The van der Waals surface area contributed by atoms with Crippen molar-refractivity contribution in [3.63, 3.8) is 0 Å². The molecule has 88 valence electrons. The first kappa shape index (κ1) is 11.7. The zero-order valence-electron chi connectivity index (χ0n) is 9.18. The summed E-state index contributed by atoms with van der Waals surface area (Å²) in [6, 6.07) is 7.17. The highest BCUT2D eigenvalue weighted by atomic mass is 79.9. The van der Waals surface area contributed by atoms with Crippen LogP contribution in [0.15, 0.2) is 41.1 Å². The second-order valence-electron chi connectivity index (χ2n) is 3.35. The van der Waals surface area contributed by atoms with E-state index in [9.17, 15) is 0 Å². The van der Waals surface area contributed by atoms with Gasteiger partial charge >= 0.3 is 0 Å². The fourth-order valence-electron chi connectivity index (χ4n) is 1.31. The molecule has 2 rings (SSSR count). The largest absolute Gasteiger partial charge is 0.497 e. The molecule has 2 N–H and O–H groups in total. The van der Waals surface area contributed by atoms with Crippen LogP contribution in [0.25, 0.3) is 0 Å². The minimum absolute atomic E-state index is 0.562. The number of aromatic nitrogens is 1. The Balaban J connectivity index is 2.24. The average molecular weight is 295 g/mol. The number of rotatable bonds is 3. The third kappa shape index (κ3) is 2.88. The predicted octanol–water partition coefficient (Wildman–Crippen LogP) is 3.23. The van der Waals surface area contributed by atoms with Crippen LogP contribution >= 0.6 is 15.9 Å². The number of hydrogen-bond donors (Lipinski definition) is 1. The molecule has 0 bridgehead atoms. The minimum Gasteiger partial charge on any atom is -0.497 e. The summed E-state index contributed by atoms with van der Waals surface area (Å²) in [5.41, 5.74) is 6.18. The fraction of sp³-hybridized carbons (Fsp3) is 0.0833. The molecule has 0 saturated carbocycles. The third-order valence-electron chi connectivity index (χ3n) is 2.10. The van der Waals surface area contributed by atoms with Gasteiger partial charge in [0.25, 0.3) is 0 Å². The van der Waals surface area contributed by atoms with E-state index >= 15 is 0 Å². The zero-order valence-corrected chi connectivity index (χ0v) is 10.8. The summed E-state index contributed by atoms with van der Waals surface area (Å²) in [7, 11) is 1.62. The van der Waals surface area contributed by atoms with Gasteiger partial charge in [0.2, 0.25) is 0 Å². The van der Waals surface area contributed by atoms with Crippen LogP contribution in [0, 0.1) is 0 Å². The summed E-state index contributed by atoms with van der Waals surface area (Å²) < 4.78 is 11.6. The number of benzene rings is 1. The lowest BCUT2D eigenvalue weighted by Gasteiger charge is -2.09. The molecule has 0 aliphatic carbocycles. The van der Waals surface area contributed by atoms with Gasteiger partial charge < -0.3 is 15.2 Å². The van der Waals surface area contributed by atoms with Crippen LogP contribution in [0.2, 0.25) is 0 Å². The second kappa shape index (κ2) is 5.05. The van der Waals surface area contributed by atoms with Crippen LogP contribution in [-0.2, 0) is 0 Å². The Morgan fingerprint density at radius 3 is 2.65 bits per heavy atom. The molecule has 0 fully saturated rings. The third-order valence-corrected chi connectivity index (χ3v) is 2.72. The van der Waals surface area contributed by atoms with E-state index in [-0.39, 0.29) is 0 Å². The smallest absolute Gasteiger partial charge is 0.147 e. The highest BCUT2D eigenvalue weighted by molar-refractivity contribution is 9.10. The van der Waals surface area contributed by atoms with E-state index in [4.69, 9.17) is 15.2 Å². The first-order valence-electron chi connectivity index (χ1n) is 4.91. The maximum atomic E-state index is 5.64. The monoisotopic (exact) mass is 294 g/mol. The number of pyridine rings is 1. The lowest BCUT2D eigenvalue weighted by atomic mass is 10.3.